The third kappa shape index (κ3) is 5.00. The summed E-state index contributed by atoms with van der Waals surface area (Å²) in [5.41, 5.74) is 3.80. The van der Waals surface area contributed by atoms with Gasteiger partial charge in [0, 0.05) is 39.3 Å². The van der Waals surface area contributed by atoms with E-state index in [4.69, 9.17) is 10.2 Å². The van der Waals surface area contributed by atoms with Gasteiger partial charge in [-0.05, 0) is 43.4 Å². The lowest BCUT2D eigenvalue weighted by atomic mass is 9.99. The van der Waals surface area contributed by atoms with Crippen molar-refractivity contribution in [1.82, 2.24) is 19.6 Å². The molecule has 0 aliphatic carbocycles. The molecular formula is C22H30N4O2. The summed E-state index contributed by atoms with van der Waals surface area (Å²) in [5, 5.41) is 13.8. The van der Waals surface area contributed by atoms with Crippen LogP contribution < -0.4 is 0 Å². The molecule has 150 valence electrons. The van der Waals surface area contributed by atoms with Crippen LogP contribution in [0.4, 0.5) is 0 Å². The molecule has 1 N–H and O–H groups in total. The molecular weight excluding hydrogens is 352 g/mol. The fourth-order valence-electron chi connectivity index (χ4n) is 4.51. The minimum Gasteiger partial charge on any atom is -0.481 e. The van der Waals surface area contributed by atoms with E-state index in [9.17, 15) is 4.79 Å². The van der Waals surface area contributed by atoms with Crippen molar-refractivity contribution in [3.8, 4) is 0 Å². The highest BCUT2D eigenvalue weighted by Crippen LogP contribution is 2.23. The molecule has 0 radical (unpaired) electrons. The number of carbonyl (C=O) groups is 1. The number of fused-ring (bicyclic) bond motifs is 1. The maximum Gasteiger partial charge on any atom is 0.304 e. The number of hydrogen-bond donors (Lipinski definition) is 1. The van der Waals surface area contributed by atoms with Crippen LogP contribution in [-0.2, 0) is 30.8 Å². The molecule has 1 atom stereocenters. The SMILES string of the molecule is O=C(O)CCN1CCCn2nc(CN3CCC(Cc4ccccc4)C3)cc2C1. The summed E-state index contributed by atoms with van der Waals surface area (Å²) in [7, 11) is 0. The van der Waals surface area contributed by atoms with E-state index < -0.39 is 5.97 Å². The Kier molecular flexibility index (Phi) is 6.07. The Morgan fingerprint density at radius 3 is 2.82 bits per heavy atom. The Morgan fingerprint density at radius 2 is 2.00 bits per heavy atom. The van der Waals surface area contributed by atoms with Crippen LogP contribution in [0.2, 0.25) is 0 Å². The number of hydrogen-bond acceptors (Lipinski definition) is 4. The van der Waals surface area contributed by atoms with Gasteiger partial charge in [-0.15, -0.1) is 0 Å². The predicted molar refractivity (Wildman–Crippen MR) is 108 cm³/mol. The predicted octanol–water partition coefficient (Wildman–Crippen LogP) is 2.63. The maximum atomic E-state index is 10.9. The van der Waals surface area contributed by atoms with Crippen molar-refractivity contribution in [3.05, 3.63) is 53.3 Å². The van der Waals surface area contributed by atoms with Crippen molar-refractivity contribution in [2.24, 2.45) is 5.92 Å². The number of aliphatic carboxylic acids is 1. The Hall–Kier alpha value is -2.18. The van der Waals surface area contributed by atoms with Crippen molar-refractivity contribution in [2.45, 2.75) is 45.3 Å². The van der Waals surface area contributed by atoms with Gasteiger partial charge in [0.05, 0.1) is 17.8 Å². The fraction of sp³-hybridized carbons (Fsp3) is 0.545. The zero-order valence-corrected chi connectivity index (χ0v) is 16.5. The van der Waals surface area contributed by atoms with Crippen LogP contribution in [-0.4, -0.2) is 56.8 Å². The molecule has 1 unspecified atom stereocenters. The summed E-state index contributed by atoms with van der Waals surface area (Å²) in [6, 6.07) is 13.0. The topological polar surface area (TPSA) is 61.6 Å². The van der Waals surface area contributed by atoms with Crippen molar-refractivity contribution >= 4 is 5.97 Å². The molecule has 2 aliphatic rings. The maximum absolute atomic E-state index is 10.9. The summed E-state index contributed by atoms with van der Waals surface area (Å²) in [6.45, 7) is 6.49. The van der Waals surface area contributed by atoms with Crippen molar-refractivity contribution in [3.63, 3.8) is 0 Å². The van der Waals surface area contributed by atoms with Crippen molar-refractivity contribution < 1.29 is 9.90 Å². The number of benzene rings is 1. The normalized spacial score (nSPS) is 20.8. The van der Waals surface area contributed by atoms with Crippen molar-refractivity contribution in [2.75, 3.05) is 26.2 Å². The molecule has 28 heavy (non-hydrogen) atoms. The number of carboxylic acid groups (broad SMARTS) is 1. The van der Waals surface area contributed by atoms with E-state index in [0.717, 1.165) is 63.7 Å². The van der Waals surface area contributed by atoms with Gasteiger partial charge in [-0.25, -0.2) is 0 Å². The van der Waals surface area contributed by atoms with E-state index in [1.165, 1.54) is 17.7 Å². The molecule has 2 aromatic rings. The third-order valence-electron chi connectivity index (χ3n) is 5.91. The molecule has 0 amide bonds. The van der Waals surface area contributed by atoms with Gasteiger partial charge in [0.2, 0.25) is 0 Å². The second-order valence-corrected chi connectivity index (χ2v) is 8.20. The van der Waals surface area contributed by atoms with Crippen LogP contribution in [0.15, 0.2) is 36.4 Å². The Labute approximate surface area is 166 Å². The van der Waals surface area contributed by atoms with Gasteiger partial charge in [-0.1, -0.05) is 30.3 Å². The van der Waals surface area contributed by atoms with Gasteiger partial charge in [0.15, 0.2) is 0 Å². The Bertz CT molecular complexity index is 789. The Balaban J connectivity index is 1.31. The number of carboxylic acids is 1. The fourth-order valence-corrected chi connectivity index (χ4v) is 4.51. The first kappa shape index (κ1) is 19.2. The summed E-state index contributed by atoms with van der Waals surface area (Å²) in [4.78, 5) is 15.6. The largest absolute Gasteiger partial charge is 0.481 e. The molecule has 1 aromatic carbocycles. The molecule has 1 aromatic heterocycles. The smallest absolute Gasteiger partial charge is 0.304 e. The lowest BCUT2D eigenvalue weighted by molar-refractivity contribution is -0.137. The zero-order chi connectivity index (χ0) is 19.3. The van der Waals surface area contributed by atoms with E-state index in [2.05, 4.69) is 50.9 Å². The molecule has 6 heteroatoms. The van der Waals surface area contributed by atoms with Gasteiger partial charge in [0.1, 0.15) is 0 Å². The van der Waals surface area contributed by atoms with Gasteiger partial charge in [-0.2, -0.15) is 5.10 Å². The minimum atomic E-state index is -0.725. The van der Waals surface area contributed by atoms with E-state index in [1.54, 1.807) is 0 Å². The van der Waals surface area contributed by atoms with Gasteiger partial charge in [-0.3, -0.25) is 19.3 Å². The highest BCUT2D eigenvalue weighted by molar-refractivity contribution is 5.66. The molecule has 1 saturated heterocycles. The molecule has 4 rings (SSSR count). The van der Waals surface area contributed by atoms with Crippen LogP contribution in [0.1, 0.15) is 36.2 Å². The van der Waals surface area contributed by atoms with Gasteiger partial charge < -0.3 is 5.11 Å². The zero-order valence-electron chi connectivity index (χ0n) is 16.5. The quantitative estimate of drug-likeness (QED) is 0.798. The van der Waals surface area contributed by atoms with E-state index in [-0.39, 0.29) is 6.42 Å². The van der Waals surface area contributed by atoms with E-state index >= 15 is 0 Å². The van der Waals surface area contributed by atoms with Gasteiger partial charge >= 0.3 is 5.97 Å². The number of aromatic nitrogens is 2. The molecule has 2 aliphatic heterocycles. The van der Waals surface area contributed by atoms with Crippen LogP contribution in [0.5, 0.6) is 0 Å². The number of aryl methyl sites for hydroxylation is 1. The number of nitrogens with zero attached hydrogens (tertiary/aromatic N) is 4. The van der Waals surface area contributed by atoms with Gasteiger partial charge in [0.25, 0.3) is 0 Å². The van der Waals surface area contributed by atoms with E-state index in [1.807, 2.05) is 0 Å². The van der Waals surface area contributed by atoms with E-state index in [0.29, 0.717) is 6.54 Å². The second kappa shape index (κ2) is 8.88. The highest BCUT2D eigenvalue weighted by Gasteiger charge is 2.24. The van der Waals surface area contributed by atoms with Crippen LogP contribution >= 0.6 is 0 Å². The second-order valence-electron chi connectivity index (χ2n) is 8.20. The third-order valence-corrected chi connectivity index (χ3v) is 5.91. The first-order valence-electron chi connectivity index (χ1n) is 10.4. The first-order chi connectivity index (χ1) is 13.7. The molecule has 0 bridgehead atoms. The Morgan fingerprint density at radius 1 is 1.14 bits per heavy atom. The molecule has 0 spiro atoms. The van der Waals surface area contributed by atoms with Crippen molar-refractivity contribution in [1.29, 1.82) is 0 Å². The molecule has 0 saturated carbocycles. The number of rotatable bonds is 7. The lowest BCUT2D eigenvalue weighted by Crippen LogP contribution is -2.26. The molecule has 6 nitrogen and oxygen atoms in total. The summed E-state index contributed by atoms with van der Waals surface area (Å²) in [5.74, 6) is 0.00637. The van der Waals surface area contributed by atoms with Crippen LogP contribution in [0.3, 0.4) is 0 Å². The molecule has 1 fully saturated rings. The standard InChI is InChI=1S/C22H30N4O2/c27-22(28)8-12-24-9-4-10-26-21(17-24)14-20(23-26)16-25-11-7-19(15-25)13-18-5-2-1-3-6-18/h1-3,5-6,14,19H,4,7-13,15-17H2,(H,27,28). The molecule has 3 heterocycles. The monoisotopic (exact) mass is 382 g/mol. The minimum absolute atomic E-state index is 0.206. The highest BCUT2D eigenvalue weighted by atomic mass is 16.4. The van der Waals surface area contributed by atoms with Crippen LogP contribution in [0, 0.1) is 5.92 Å². The average molecular weight is 383 g/mol. The summed E-state index contributed by atoms with van der Waals surface area (Å²) in [6.07, 6.45) is 3.65. The van der Waals surface area contributed by atoms with Crippen LogP contribution in [0.25, 0.3) is 0 Å². The first-order valence-corrected chi connectivity index (χ1v) is 10.4. The lowest BCUT2D eigenvalue weighted by Gasteiger charge is -2.18. The number of likely N-dealkylation sites (tertiary alicyclic amines) is 1. The summed E-state index contributed by atoms with van der Waals surface area (Å²) >= 11 is 0. The average Bonchev–Trinajstić information content (AvgIpc) is 3.22. The summed E-state index contributed by atoms with van der Waals surface area (Å²) < 4.78 is 2.13.